The monoisotopic (exact) mass is 183 g/mol. The molecule has 1 N–H and O–H groups in total. The van der Waals surface area contributed by atoms with Gasteiger partial charge in [0.25, 0.3) is 0 Å². The van der Waals surface area contributed by atoms with E-state index in [0.29, 0.717) is 0 Å². The molecule has 0 bridgehead atoms. The van der Waals surface area contributed by atoms with Crippen LogP contribution < -0.4 is 5.32 Å². The maximum Gasteiger partial charge on any atom is 0.325 e. The molecule has 0 unspecified atom stereocenters. The number of anilines is 1. The number of rotatable bonds is 4. The number of hydrogen-bond acceptors (Lipinski definition) is 4. The van der Waals surface area contributed by atoms with E-state index in [4.69, 9.17) is 0 Å². The highest BCUT2D eigenvalue weighted by Crippen LogP contribution is 2.03. The molecule has 1 aromatic rings. The van der Waals surface area contributed by atoms with E-state index in [1.165, 1.54) is 7.11 Å². The summed E-state index contributed by atoms with van der Waals surface area (Å²) < 4.78 is 6.25. The number of aryl methyl sites for hydroxylation is 1. The zero-order valence-corrected chi connectivity index (χ0v) is 7.78. The average molecular weight is 183 g/mol. The Kier molecular flexibility index (Phi) is 3.31. The van der Waals surface area contributed by atoms with E-state index in [1.807, 2.05) is 13.1 Å². The van der Waals surface area contributed by atoms with E-state index in [-0.39, 0.29) is 12.5 Å². The van der Waals surface area contributed by atoms with Gasteiger partial charge in [0, 0.05) is 12.7 Å². The number of ether oxygens (including phenoxy) is 1. The van der Waals surface area contributed by atoms with Crippen LogP contribution in [0.5, 0.6) is 0 Å². The van der Waals surface area contributed by atoms with Gasteiger partial charge in [0.2, 0.25) is 0 Å². The average Bonchev–Trinajstić information content (AvgIpc) is 2.61. The molecule has 1 heterocycles. The molecule has 0 aromatic carbocycles. The molecule has 0 radical (unpaired) electrons. The molecule has 0 spiro atoms. The van der Waals surface area contributed by atoms with Gasteiger partial charge in [0.05, 0.1) is 19.0 Å². The lowest BCUT2D eigenvalue weighted by Gasteiger charge is -2.00. The number of carbonyl (C=O) groups excluding carboxylic acids is 1. The topological polar surface area (TPSA) is 56.2 Å². The van der Waals surface area contributed by atoms with Crippen LogP contribution in [0.25, 0.3) is 0 Å². The summed E-state index contributed by atoms with van der Waals surface area (Å²) in [5.74, 6) is -0.288. The van der Waals surface area contributed by atoms with Crippen molar-refractivity contribution in [1.82, 2.24) is 9.78 Å². The first kappa shape index (κ1) is 9.57. The van der Waals surface area contributed by atoms with E-state index in [9.17, 15) is 4.79 Å². The van der Waals surface area contributed by atoms with Crippen LogP contribution in [0.2, 0.25) is 0 Å². The molecule has 0 saturated carbocycles. The molecule has 5 heteroatoms. The zero-order chi connectivity index (χ0) is 9.68. The molecule has 0 aliphatic rings. The fraction of sp³-hybridized carbons (Fsp3) is 0.500. The van der Waals surface area contributed by atoms with Crippen LogP contribution in [-0.4, -0.2) is 29.4 Å². The molecule has 0 aliphatic heterocycles. The quantitative estimate of drug-likeness (QED) is 0.690. The standard InChI is InChI=1S/C8H13N3O2/c1-3-11-6-7(4-10-11)9-5-8(12)13-2/h4,6,9H,3,5H2,1-2H3. The SMILES string of the molecule is CCn1cc(NCC(=O)OC)cn1. The molecule has 0 aliphatic carbocycles. The number of methoxy groups -OCH3 is 1. The van der Waals surface area contributed by atoms with Crippen molar-refractivity contribution < 1.29 is 9.53 Å². The van der Waals surface area contributed by atoms with Crippen molar-refractivity contribution in [3.05, 3.63) is 12.4 Å². The van der Waals surface area contributed by atoms with Gasteiger partial charge in [-0.2, -0.15) is 5.10 Å². The van der Waals surface area contributed by atoms with Crippen LogP contribution in [0.15, 0.2) is 12.4 Å². The highest BCUT2D eigenvalue weighted by Gasteiger charge is 2.00. The Morgan fingerprint density at radius 2 is 2.54 bits per heavy atom. The molecule has 0 fully saturated rings. The van der Waals surface area contributed by atoms with Gasteiger partial charge in [0.1, 0.15) is 6.54 Å². The number of carbonyl (C=O) groups is 1. The zero-order valence-electron chi connectivity index (χ0n) is 7.78. The second-order valence-corrected chi connectivity index (χ2v) is 2.51. The summed E-state index contributed by atoms with van der Waals surface area (Å²) in [4.78, 5) is 10.7. The van der Waals surface area contributed by atoms with Crippen LogP contribution in [0.3, 0.4) is 0 Å². The molecule has 0 atom stereocenters. The lowest BCUT2D eigenvalue weighted by atomic mass is 10.5. The van der Waals surface area contributed by atoms with Crippen molar-refractivity contribution in [1.29, 1.82) is 0 Å². The minimum absolute atomic E-state index is 0.173. The first-order valence-corrected chi connectivity index (χ1v) is 4.09. The Hall–Kier alpha value is -1.52. The van der Waals surface area contributed by atoms with Gasteiger partial charge in [-0.3, -0.25) is 9.48 Å². The predicted octanol–water partition coefficient (Wildman–Crippen LogP) is 0.488. The highest BCUT2D eigenvalue weighted by atomic mass is 16.5. The van der Waals surface area contributed by atoms with E-state index in [2.05, 4.69) is 15.2 Å². The van der Waals surface area contributed by atoms with Crippen LogP contribution in [-0.2, 0) is 16.1 Å². The highest BCUT2D eigenvalue weighted by molar-refractivity contribution is 5.74. The van der Waals surface area contributed by atoms with Gasteiger partial charge in [0.15, 0.2) is 0 Å². The van der Waals surface area contributed by atoms with Crippen LogP contribution in [0, 0.1) is 0 Å². The van der Waals surface area contributed by atoms with Crippen molar-refractivity contribution in [3.8, 4) is 0 Å². The maximum atomic E-state index is 10.7. The third kappa shape index (κ3) is 2.77. The van der Waals surface area contributed by atoms with Gasteiger partial charge < -0.3 is 10.1 Å². The Bertz CT molecular complexity index is 283. The molecule has 1 rings (SSSR count). The summed E-state index contributed by atoms with van der Waals surface area (Å²) in [7, 11) is 1.36. The van der Waals surface area contributed by atoms with Gasteiger partial charge in [-0.25, -0.2) is 0 Å². The predicted molar refractivity (Wildman–Crippen MR) is 48.4 cm³/mol. The summed E-state index contributed by atoms with van der Waals surface area (Å²) in [6.45, 7) is 2.99. The minimum Gasteiger partial charge on any atom is -0.468 e. The minimum atomic E-state index is -0.288. The lowest BCUT2D eigenvalue weighted by Crippen LogP contribution is -2.14. The van der Waals surface area contributed by atoms with Crippen molar-refractivity contribution in [3.63, 3.8) is 0 Å². The van der Waals surface area contributed by atoms with Gasteiger partial charge in [-0.1, -0.05) is 0 Å². The second kappa shape index (κ2) is 4.49. The Morgan fingerprint density at radius 1 is 1.77 bits per heavy atom. The molecular weight excluding hydrogens is 170 g/mol. The summed E-state index contributed by atoms with van der Waals surface area (Å²) >= 11 is 0. The Labute approximate surface area is 76.7 Å². The van der Waals surface area contributed by atoms with Crippen LogP contribution >= 0.6 is 0 Å². The van der Waals surface area contributed by atoms with Crippen molar-refractivity contribution in [2.75, 3.05) is 19.0 Å². The largest absolute Gasteiger partial charge is 0.468 e. The molecule has 72 valence electrons. The summed E-state index contributed by atoms with van der Waals surface area (Å²) in [5, 5.41) is 6.93. The third-order valence-electron chi connectivity index (χ3n) is 1.62. The third-order valence-corrected chi connectivity index (χ3v) is 1.62. The van der Waals surface area contributed by atoms with E-state index in [0.717, 1.165) is 12.2 Å². The van der Waals surface area contributed by atoms with Crippen LogP contribution in [0.4, 0.5) is 5.69 Å². The van der Waals surface area contributed by atoms with Gasteiger partial charge >= 0.3 is 5.97 Å². The first-order chi connectivity index (χ1) is 6.26. The first-order valence-electron chi connectivity index (χ1n) is 4.09. The fourth-order valence-corrected chi connectivity index (χ4v) is 0.874. The lowest BCUT2D eigenvalue weighted by molar-refractivity contribution is -0.138. The van der Waals surface area contributed by atoms with E-state index >= 15 is 0 Å². The van der Waals surface area contributed by atoms with Crippen molar-refractivity contribution in [2.45, 2.75) is 13.5 Å². The Balaban J connectivity index is 2.41. The Morgan fingerprint density at radius 3 is 3.08 bits per heavy atom. The van der Waals surface area contributed by atoms with Gasteiger partial charge in [-0.05, 0) is 6.92 Å². The summed E-state index contributed by atoms with van der Waals surface area (Å²) in [5.41, 5.74) is 0.826. The molecule has 5 nitrogen and oxygen atoms in total. The summed E-state index contributed by atoms with van der Waals surface area (Å²) in [6.07, 6.45) is 3.51. The number of nitrogens with zero attached hydrogens (tertiary/aromatic N) is 2. The van der Waals surface area contributed by atoms with Gasteiger partial charge in [-0.15, -0.1) is 0 Å². The normalized spacial score (nSPS) is 9.69. The molecule has 0 amide bonds. The molecule has 1 aromatic heterocycles. The smallest absolute Gasteiger partial charge is 0.325 e. The fourth-order valence-electron chi connectivity index (χ4n) is 0.874. The second-order valence-electron chi connectivity index (χ2n) is 2.51. The maximum absolute atomic E-state index is 10.7. The molecule has 13 heavy (non-hydrogen) atoms. The van der Waals surface area contributed by atoms with E-state index in [1.54, 1.807) is 10.9 Å². The number of esters is 1. The number of hydrogen-bond donors (Lipinski definition) is 1. The summed E-state index contributed by atoms with van der Waals surface area (Å²) in [6, 6.07) is 0. The number of aromatic nitrogens is 2. The van der Waals surface area contributed by atoms with Crippen molar-refractivity contribution in [2.24, 2.45) is 0 Å². The number of nitrogens with one attached hydrogen (secondary N) is 1. The van der Waals surface area contributed by atoms with E-state index < -0.39 is 0 Å². The van der Waals surface area contributed by atoms with Crippen LogP contribution in [0.1, 0.15) is 6.92 Å². The molecular formula is C8H13N3O2. The van der Waals surface area contributed by atoms with Crippen molar-refractivity contribution >= 4 is 11.7 Å². The molecule has 0 saturated heterocycles.